The van der Waals surface area contributed by atoms with Crippen LogP contribution in [0.2, 0.25) is 0 Å². The molecule has 4 rings (SSSR count). The number of sulfonamides is 2. The first-order valence-corrected chi connectivity index (χ1v) is 10.6. The summed E-state index contributed by atoms with van der Waals surface area (Å²) in [5.74, 6) is -1.97. The lowest BCUT2D eigenvalue weighted by atomic mass is 9.80. The number of amides is 1. The molecule has 2 N–H and O–H groups in total. The monoisotopic (exact) mass is 426 g/mol. The van der Waals surface area contributed by atoms with Crippen LogP contribution in [0.4, 0.5) is 22.0 Å². The lowest BCUT2D eigenvalue weighted by Gasteiger charge is -2.34. The fourth-order valence-corrected chi connectivity index (χ4v) is 6.91. The number of hydrogen-bond donors (Lipinski definition) is 2. The zero-order chi connectivity index (χ0) is 19.8. The molecule has 1 amide bonds. The first kappa shape index (κ1) is 19.7. The molecule has 0 spiro atoms. The van der Waals surface area contributed by atoms with E-state index in [1.807, 2.05) is 5.32 Å². The first-order valence-electron chi connectivity index (χ1n) is 7.64. The third-order valence-corrected chi connectivity index (χ3v) is 8.70. The topological polar surface area (TPSA) is 109 Å². The van der Waals surface area contributed by atoms with Crippen LogP contribution >= 0.6 is 0 Å². The Balaban J connectivity index is 1.80. The molecule has 0 saturated heterocycles. The molecule has 0 aromatic rings. The van der Waals surface area contributed by atoms with Crippen molar-refractivity contribution in [3.05, 3.63) is 0 Å². The second-order valence-electron chi connectivity index (χ2n) is 7.21. The minimum absolute atomic E-state index is 0.0967. The van der Waals surface area contributed by atoms with E-state index in [1.165, 1.54) is 0 Å². The largest absolute Gasteiger partial charge is 0.512 e. The SMILES string of the molecule is O=C(NC12CC3CC(CC1C3)C2)C(F)(F)S(=O)(=O)NS(=O)(=O)C(F)(F)F. The molecule has 2 unspecified atom stereocenters. The Morgan fingerprint density at radius 2 is 1.38 bits per heavy atom. The summed E-state index contributed by atoms with van der Waals surface area (Å²) in [5, 5.41) is -3.39. The first-order chi connectivity index (χ1) is 11.6. The molecule has 0 radical (unpaired) electrons. The van der Waals surface area contributed by atoms with E-state index in [-0.39, 0.29) is 21.9 Å². The summed E-state index contributed by atoms with van der Waals surface area (Å²) in [6.45, 7) is 0. The summed E-state index contributed by atoms with van der Waals surface area (Å²) in [7, 11) is -13.1. The van der Waals surface area contributed by atoms with Gasteiger partial charge in [-0.3, -0.25) is 4.79 Å². The van der Waals surface area contributed by atoms with Gasteiger partial charge in [0.15, 0.2) is 0 Å². The van der Waals surface area contributed by atoms with Gasteiger partial charge in [0, 0.05) is 5.54 Å². The van der Waals surface area contributed by atoms with Gasteiger partial charge in [-0.25, -0.2) is 16.8 Å². The maximum Gasteiger partial charge on any atom is 0.512 e. The van der Waals surface area contributed by atoms with E-state index in [4.69, 9.17) is 0 Å². The van der Waals surface area contributed by atoms with Crippen molar-refractivity contribution in [1.29, 1.82) is 0 Å². The lowest BCUT2D eigenvalue weighted by molar-refractivity contribution is -0.138. The molecule has 0 aromatic heterocycles. The molecule has 150 valence electrons. The predicted molar refractivity (Wildman–Crippen MR) is 76.4 cm³/mol. The normalized spacial score (nSPS) is 34.3. The van der Waals surface area contributed by atoms with E-state index in [2.05, 4.69) is 0 Å². The van der Waals surface area contributed by atoms with Crippen LogP contribution in [0.5, 0.6) is 0 Å². The van der Waals surface area contributed by atoms with Crippen LogP contribution in [-0.4, -0.2) is 39.0 Å². The molecule has 0 aliphatic heterocycles. The van der Waals surface area contributed by atoms with Gasteiger partial charge in [0.2, 0.25) is 0 Å². The zero-order valence-corrected chi connectivity index (χ0v) is 14.6. The van der Waals surface area contributed by atoms with E-state index in [0.717, 1.165) is 6.42 Å². The van der Waals surface area contributed by atoms with Crippen molar-refractivity contribution in [2.45, 2.75) is 48.4 Å². The van der Waals surface area contributed by atoms with Crippen LogP contribution in [0.1, 0.15) is 32.1 Å². The number of alkyl halides is 5. The highest BCUT2D eigenvalue weighted by molar-refractivity contribution is 8.05. The highest BCUT2D eigenvalue weighted by Crippen LogP contribution is 2.60. The Bertz CT molecular complexity index is 825. The minimum Gasteiger partial charge on any atom is -0.344 e. The number of carbonyl (C=O) groups excluding carboxylic acids is 1. The average Bonchev–Trinajstić information content (AvgIpc) is 2.80. The third-order valence-electron chi connectivity index (χ3n) is 5.48. The Morgan fingerprint density at radius 1 is 0.885 bits per heavy atom. The molecule has 4 bridgehead atoms. The van der Waals surface area contributed by atoms with Gasteiger partial charge in [-0.1, -0.05) is 4.13 Å². The number of halogens is 5. The molecule has 4 aliphatic rings. The average molecular weight is 426 g/mol. The summed E-state index contributed by atoms with van der Waals surface area (Å²) in [4.78, 5) is 11.9. The molecular weight excluding hydrogens is 411 g/mol. The summed E-state index contributed by atoms with van der Waals surface area (Å²) in [6.07, 6.45) is 3.09. The van der Waals surface area contributed by atoms with Gasteiger partial charge in [-0.15, -0.1) is 0 Å². The van der Waals surface area contributed by atoms with Gasteiger partial charge >= 0.3 is 36.7 Å². The van der Waals surface area contributed by atoms with Crippen LogP contribution in [0.25, 0.3) is 0 Å². The molecule has 0 heterocycles. The second-order valence-corrected chi connectivity index (χ2v) is 10.9. The fourth-order valence-electron chi connectivity index (χ4n) is 4.67. The van der Waals surface area contributed by atoms with Gasteiger partial charge in [0.25, 0.3) is 0 Å². The summed E-state index contributed by atoms with van der Waals surface area (Å²) < 4.78 is 109. The Morgan fingerprint density at radius 3 is 1.85 bits per heavy atom. The molecule has 26 heavy (non-hydrogen) atoms. The molecule has 4 aliphatic carbocycles. The summed E-state index contributed by atoms with van der Waals surface area (Å²) in [5.41, 5.74) is -7.14. The third kappa shape index (κ3) is 2.89. The minimum atomic E-state index is -6.62. The second kappa shape index (κ2) is 5.50. The quantitative estimate of drug-likeness (QED) is 0.639. The van der Waals surface area contributed by atoms with Crippen LogP contribution in [0.3, 0.4) is 0 Å². The molecular formula is C12H15F5N2O5S2. The van der Waals surface area contributed by atoms with Gasteiger partial charge < -0.3 is 5.32 Å². The lowest BCUT2D eigenvalue weighted by Crippen LogP contribution is -2.59. The zero-order valence-electron chi connectivity index (χ0n) is 13.0. The maximum absolute atomic E-state index is 14.0. The highest BCUT2D eigenvalue weighted by Gasteiger charge is 2.63. The Kier molecular flexibility index (Phi) is 4.18. The standard InChI is InChI=1S/C12H15F5N2O5S2/c13-11(14,25(21,22)19-26(23,24)12(15,16)17)9(20)18-10-4-6-1-7(5-10)3-8(10)2-6/h6-8,19H,1-5H2,(H,18,20). The number of rotatable bonds is 5. The predicted octanol–water partition coefficient (Wildman–Crippen LogP) is 1.04. The molecule has 7 nitrogen and oxygen atoms in total. The van der Waals surface area contributed by atoms with Crippen molar-refractivity contribution in [1.82, 2.24) is 9.44 Å². The Labute approximate surface area is 145 Å². The van der Waals surface area contributed by atoms with Crippen LogP contribution < -0.4 is 9.44 Å². The van der Waals surface area contributed by atoms with E-state index in [0.29, 0.717) is 25.7 Å². The fraction of sp³-hybridized carbons (Fsp3) is 0.917. The number of nitrogens with one attached hydrogen (secondary N) is 2. The van der Waals surface area contributed by atoms with Crippen LogP contribution in [0, 0.1) is 17.8 Å². The molecule has 2 atom stereocenters. The van der Waals surface area contributed by atoms with Crippen LogP contribution in [0.15, 0.2) is 0 Å². The van der Waals surface area contributed by atoms with E-state index in [9.17, 15) is 43.6 Å². The Hall–Kier alpha value is -1.02. The smallest absolute Gasteiger partial charge is 0.344 e. The molecule has 4 saturated carbocycles. The summed E-state index contributed by atoms with van der Waals surface area (Å²) >= 11 is 0. The maximum atomic E-state index is 14.0. The van der Waals surface area contributed by atoms with Gasteiger partial charge in [-0.05, 0) is 49.9 Å². The van der Waals surface area contributed by atoms with Gasteiger partial charge in [0.05, 0.1) is 0 Å². The van der Waals surface area contributed by atoms with Crippen molar-refractivity contribution >= 4 is 26.0 Å². The van der Waals surface area contributed by atoms with E-state index >= 15 is 0 Å². The number of carbonyl (C=O) groups is 1. The van der Waals surface area contributed by atoms with Gasteiger partial charge in [-0.2, -0.15) is 22.0 Å². The van der Waals surface area contributed by atoms with Crippen LogP contribution in [-0.2, 0) is 24.8 Å². The van der Waals surface area contributed by atoms with E-state index in [1.54, 1.807) is 0 Å². The van der Waals surface area contributed by atoms with Crippen molar-refractivity contribution in [2.24, 2.45) is 17.8 Å². The van der Waals surface area contributed by atoms with Crippen molar-refractivity contribution < 1.29 is 43.6 Å². The van der Waals surface area contributed by atoms with Crippen molar-refractivity contribution in [2.75, 3.05) is 0 Å². The summed E-state index contributed by atoms with van der Waals surface area (Å²) in [6, 6.07) is 0. The highest BCUT2D eigenvalue weighted by atomic mass is 32.3. The van der Waals surface area contributed by atoms with Crippen molar-refractivity contribution in [3.8, 4) is 0 Å². The molecule has 0 aromatic carbocycles. The van der Waals surface area contributed by atoms with Crippen molar-refractivity contribution in [3.63, 3.8) is 0 Å². The van der Waals surface area contributed by atoms with E-state index < -0.39 is 42.3 Å². The van der Waals surface area contributed by atoms with Gasteiger partial charge in [0.1, 0.15) is 0 Å². The molecule has 14 heteroatoms. The molecule has 4 fully saturated rings. The number of hydrogen-bond acceptors (Lipinski definition) is 5.